The van der Waals surface area contributed by atoms with Crippen molar-refractivity contribution in [3.05, 3.63) is 47.3 Å². The molecule has 1 atom stereocenters. The fourth-order valence-electron chi connectivity index (χ4n) is 3.23. The monoisotopic (exact) mass is 341 g/mol. The minimum absolute atomic E-state index is 0.177. The van der Waals surface area contributed by atoms with Gasteiger partial charge < -0.3 is 10.2 Å². The van der Waals surface area contributed by atoms with E-state index in [4.69, 9.17) is 0 Å². The molecule has 1 aliphatic heterocycles. The predicted octanol–water partition coefficient (Wildman–Crippen LogP) is 2.53. The topological polar surface area (TPSA) is 64.3 Å². The van der Waals surface area contributed by atoms with Crippen LogP contribution in [0.4, 0.5) is 5.69 Å². The van der Waals surface area contributed by atoms with Gasteiger partial charge in [0.1, 0.15) is 0 Å². The summed E-state index contributed by atoms with van der Waals surface area (Å²) in [4.78, 5) is 16.9. The van der Waals surface area contributed by atoms with E-state index in [2.05, 4.69) is 58.6 Å². The number of anilines is 1. The number of likely N-dealkylation sites (tertiary alicyclic amines) is 1. The highest BCUT2D eigenvalue weighted by Gasteiger charge is 2.25. The van der Waals surface area contributed by atoms with Gasteiger partial charge in [-0.25, -0.2) is 0 Å². The molecule has 1 aromatic heterocycles. The number of nitrogens with one attached hydrogen (secondary N) is 2. The summed E-state index contributed by atoms with van der Waals surface area (Å²) >= 11 is 0. The minimum atomic E-state index is -0.177. The molecule has 0 spiro atoms. The second-order valence-electron chi connectivity index (χ2n) is 7.05. The summed E-state index contributed by atoms with van der Waals surface area (Å²) in [6, 6.07) is 10.2. The van der Waals surface area contributed by atoms with E-state index >= 15 is 0 Å². The predicted molar refractivity (Wildman–Crippen MR) is 99.8 cm³/mol. The van der Waals surface area contributed by atoms with E-state index in [1.54, 1.807) is 0 Å². The van der Waals surface area contributed by atoms with E-state index in [0.717, 1.165) is 37.3 Å². The number of aromatic amines is 1. The maximum absolute atomic E-state index is 12.4. The Kier molecular flexibility index (Phi) is 5.50. The van der Waals surface area contributed by atoms with Gasteiger partial charge in [0.15, 0.2) is 5.69 Å². The lowest BCUT2D eigenvalue weighted by molar-refractivity contribution is 0.102. The zero-order valence-electron chi connectivity index (χ0n) is 15.2. The molecule has 3 rings (SSSR count). The number of benzene rings is 1. The van der Waals surface area contributed by atoms with Crippen LogP contribution in [0.25, 0.3) is 0 Å². The molecule has 1 fully saturated rings. The standard InChI is InChI=1S/C19H27N5O/c1-23(2)12-10-14-6-8-15(9-7-14)20-19(25)17-13-16(21-22-17)18-5-4-11-24(18)3/h6-9,13,18H,4-5,10-12H2,1-3H3,(H,20,25)(H,21,22)/t18-/m1/s1. The Hall–Kier alpha value is -2.18. The summed E-state index contributed by atoms with van der Waals surface area (Å²) in [5, 5.41) is 10.1. The first-order chi connectivity index (χ1) is 12.0. The Morgan fingerprint density at radius 2 is 2.12 bits per heavy atom. The first-order valence-corrected chi connectivity index (χ1v) is 8.83. The minimum Gasteiger partial charge on any atom is -0.321 e. The van der Waals surface area contributed by atoms with E-state index in [1.165, 1.54) is 12.0 Å². The van der Waals surface area contributed by atoms with Gasteiger partial charge in [0.2, 0.25) is 0 Å². The van der Waals surface area contributed by atoms with Gasteiger partial charge >= 0.3 is 0 Å². The number of likely N-dealkylation sites (N-methyl/N-ethyl adjacent to an activating group) is 1. The fourth-order valence-corrected chi connectivity index (χ4v) is 3.23. The van der Waals surface area contributed by atoms with Crippen molar-refractivity contribution in [3.63, 3.8) is 0 Å². The zero-order valence-corrected chi connectivity index (χ0v) is 15.2. The van der Waals surface area contributed by atoms with E-state index < -0.39 is 0 Å². The van der Waals surface area contributed by atoms with Gasteiger partial charge in [0.25, 0.3) is 5.91 Å². The van der Waals surface area contributed by atoms with Crippen LogP contribution in [0.15, 0.2) is 30.3 Å². The van der Waals surface area contributed by atoms with Crippen molar-refractivity contribution in [3.8, 4) is 0 Å². The molecular weight excluding hydrogens is 314 g/mol. The van der Waals surface area contributed by atoms with E-state index in [1.807, 2.05) is 18.2 Å². The first-order valence-electron chi connectivity index (χ1n) is 8.83. The number of hydrogen-bond donors (Lipinski definition) is 2. The molecule has 6 nitrogen and oxygen atoms in total. The van der Waals surface area contributed by atoms with Gasteiger partial charge in [-0.2, -0.15) is 5.10 Å². The summed E-state index contributed by atoms with van der Waals surface area (Å²) < 4.78 is 0. The third kappa shape index (κ3) is 4.46. The molecule has 0 unspecified atom stereocenters. The highest BCUT2D eigenvalue weighted by molar-refractivity contribution is 6.02. The van der Waals surface area contributed by atoms with E-state index in [9.17, 15) is 4.79 Å². The van der Waals surface area contributed by atoms with Crippen LogP contribution in [-0.2, 0) is 6.42 Å². The molecule has 25 heavy (non-hydrogen) atoms. The molecule has 2 aromatic rings. The average Bonchev–Trinajstić information content (AvgIpc) is 3.22. The van der Waals surface area contributed by atoms with Crippen molar-refractivity contribution in [2.75, 3.05) is 39.5 Å². The van der Waals surface area contributed by atoms with Gasteiger partial charge in [0, 0.05) is 12.2 Å². The third-order valence-electron chi connectivity index (χ3n) is 4.77. The Labute approximate surface area is 149 Å². The fraction of sp³-hybridized carbons (Fsp3) is 0.474. The second-order valence-corrected chi connectivity index (χ2v) is 7.05. The van der Waals surface area contributed by atoms with Gasteiger partial charge in [-0.15, -0.1) is 0 Å². The van der Waals surface area contributed by atoms with Crippen molar-refractivity contribution in [2.45, 2.75) is 25.3 Å². The molecular formula is C19H27N5O. The SMILES string of the molecule is CN(C)CCc1ccc(NC(=O)c2cc([C@H]3CCCN3C)[nH]n2)cc1. The van der Waals surface area contributed by atoms with Crippen molar-refractivity contribution >= 4 is 11.6 Å². The maximum atomic E-state index is 12.4. The number of H-pyrrole nitrogens is 1. The number of amides is 1. The summed E-state index contributed by atoms with van der Waals surface area (Å²) in [5.74, 6) is -0.177. The van der Waals surface area contributed by atoms with Gasteiger partial charge in [-0.05, 0) is 70.7 Å². The van der Waals surface area contributed by atoms with Crippen LogP contribution >= 0.6 is 0 Å². The van der Waals surface area contributed by atoms with E-state index in [0.29, 0.717) is 11.7 Å². The normalized spacial score (nSPS) is 18.0. The lowest BCUT2D eigenvalue weighted by atomic mass is 10.1. The zero-order chi connectivity index (χ0) is 17.8. The van der Waals surface area contributed by atoms with Crippen molar-refractivity contribution in [1.82, 2.24) is 20.0 Å². The van der Waals surface area contributed by atoms with Crippen LogP contribution in [0.2, 0.25) is 0 Å². The first kappa shape index (κ1) is 17.6. The Morgan fingerprint density at radius 1 is 1.36 bits per heavy atom. The molecule has 1 aliphatic rings. The molecule has 0 saturated carbocycles. The molecule has 0 aliphatic carbocycles. The summed E-state index contributed by atoms with van der Waals surface area (Å²) in [5.41, 5.74) is 3.51. The smallest absolute Gasteiger partial charge is 0.276 e. The van der Waals surface area contributed by atoms with Crippen LogP contribution in [-0.4, -0.2) is 60.1 Å². The number of carbonyl (C=O) groups excluding carboxylic acids is 1. The van der Waals surface area contributed by atoms with Crippen LogP contribution in [0.5, 0.6) is 0 Å². The maximum Gasteiger partial charge on any atom is 0.276 e. The van der Waals surface area contributed by atoms with Crippen LogP contribution in [0, 0.1) is 0 Å². The largest absolute Gasteiger partial charge is 0.321 e. The molecule has 6 heteroatoms. The number of hydrogen-bond acceptors (Lipinski definition) is 4. The van der Waals surface area contributed by atoms with Gasteiger partial charge in [-0.1, -0.05) is 12.1 Å². The van der Waals surface area contributed by atoms with Crippen molar-refractivity contribution < 1.29 is 4.79 Å². The van der Waals surface area contributed by atoms with Crippen molar-refractivity contribution in [1.29, 1.82) is 0 Å². The van der Waals surface area contributed by atoms with E-state index in [-0.39, 0.29) is 5.91 Å². The number of aromatic nitrogens is 2. The molecule has 134 valence electrons. The van der Waals surface area contributed by atoms with Crippen LogP contribution in [0.3, 0.4) is 0 Å². The molecule has 0 bridgehead atoms. The Balaban J connectivity index is 1.59. The molecule has 1 aromatic carbocycles. The summed E-state index contributed by atoms with van der Waals surface area (Å²) in [7, 11) is 6.24. The molecule has 2 heterocycles. The molecule has 2 N–H and O–H groups in total. The molecule has 1 amide bonds. The lowest BCUT2D eigenvalue weighted by Gasteiger charge is -2.16. The summed E-state index contributed by atoms with van der Waals surface area (Å²) in [6.07, 6.45) is 3.29. The second kappa shape index (κ2) is 7.80. The highest BCUT2D eigenvalue weighted by Crippen LogP contribution is 2.29. The lowest BCUT2D eigenvalue weighted by Crippen LogP contribution is -2.17. The quantitative estimate of drug-likeness (QED) is 0.847. The molecule has 0 radical (unpaired) electrons. The van der Waals surface area contributed by atoms with Gasteiger partial charge in [-0.3, -0.25) is 14.8 Å². The molecule has 1 saturated heterocycles. The number of carbonyl (C=O) groups is 1. The third-order valence-corrected chi connectivity index (χ3v) is 4.77. The van der Waals surface area contributed by atoms with Crippen molar-refractivity contribution in [2.24, 2.45) is 0 Å². The highest BCUT2D eigenvalue weighted by atomic mass is 16.1. The van der Waals surface area contributed by atoms with Crippen LogP contribution in [0.1, 0.15) is 40.6 Å². The Morgan fingerprint density at radius 3 is 2.76 bits per heavy atom. The van der Waals surface area contributed by atoms with Gasteiger partial charge in [0.05, 0.1) is 11.7 Å². The Bertz CT molecular complexity index is 707. The number of nitrogens with zero attached hydrogens (tertiary/aromatic N) is 3. The average molecular weight is 341 g/mol. The summed E-state index contributed by atoms with van der Waals surface area (Å²) in [6.45, 7) is 2.10. The van der Waals surface area contributed by atoms with Crippen LogP contribution < -0.4 is 5.32 Å². The number of rotatable bonds is 6.